The number of alkyl carbamates (subject to hydrolysis) is 1. The number of hydrogen-bond acceptors (Lipinski definition) is 7. The maximum atomic E-state index is 14.1. The lowest BCUT2D eigenvalue weighted by molar-refractivity contribution is -0.385. The molecular formula is C19H19FN4O5. The summed E-state index contributed by atoms with van der Waals surface area (Å²) >= 11 is 0. The van der Waals surface area contributed by atoms with Gasteiger partial charge in [0.1, 0.15) is 22.7 Å². The smallest absolute Gasteiger partial charge is 0.408 e. The highest BCUT2D eigenvalue weighted by Gasteiger charge is 2.16. The lowest BCUT2D eigenvalue weighted by Crippen LogP contribution is -2.32. The average Bonchev–Trinajstić information content (AvgIpc) is 2.60. The molecule has 0 saturated carbocycles. The van der Waals surface area contributed by atoms with Gasteiger partial charge in [0.2, 0.25) is 0 Å². The van der Waals surface area contributed by atoms with Gasteiger partial charge in [0, 0.05) is 18.3 Å². The monoisotopic (exact) mass is 402 g/mol. The summed E-state index contributed by atoms with van der Waals surface area (Å²) in [5, 5.41) is 13.2. The van der Waals surface area contributed by atoms with Gasteiger partial charge in [-0.1, -0.05) is 11.8 Å². The molecule has 0 atom stereocenters. The number of pyridine rings is 1. The predicted molar refractivity (Wildman–Crippen MR) is 103 cm³/mol. The Labute approximate surface area is 166 Å². The molecule has 0 unspecified atom stereocenters. The van der Waals surface area contributed by atoms with Gasteiger partial charge in [0.15, 0.2) is 11.6 Å². The highest BCUT2D eigenvalue weighted by atomic mass is 19.1. The number of amides is 1. The Morgan fingerprint density at radius 3 is 2.69 bits per heavy atom. The van der Waals surface area contributed by atoms with Gasteiger partial charge >= 0.3 is 6.09 Å². The van der Waals surface area contributed by atoms with Crippen LogP contribution in [0, 0.1) is 27.8 Å². The number of carbonyl (C=O) groups excluding carboxylic acids is 1. The number of anilines is 1. The summed E-state index contributed by atoms with van der Waals surface area (Å²) in [5.74, 6) is 4.37. The summed E-state index contributed by atoms with van der Waals surface area (Å²) < 4.78 is 24.6. The van der Waals surface area contributed by atoms with Gasteiger partial charge in [0.25, 0.3) is 5.69 Å². The molecular weight excluding hydrogens is 383 g/mol. The fourth-order valence-electron chi connectivity index (χ4n) is 2.04. The van der Waals surface area contributed by atoms with Crippen LogP contribution in [-0.4, -0.2) is 28.1 Å². The molecule has 0 aliphatic heterocycles. The fraction of sp³-hybridized carbons (Fsp3) is 0.263. The van der Waals surface area contributed by atoms with Gasteiger partial charge in [-0.25, -0.2) is 14.2 Å². The number of nitrogens with one attached hydrogen (secondary N) is 1. The third-order valence-corrected chi connectivity index (χ3v) is 3.22. The minimum Gasteiger partial charge on any atom is -0.453 e. The number of rotatable bonds is 4. The summed E-state index contributed by atoms with van der Waals surface area (Å²) in [6.07, 6.45) is 0.716. The number of halogens is 1. The molecule has 10 heteroatoms. The lowest BCUT2D eigenvalue weighted by Gasteiger charge is -2.19. The van der Waals surface area contributed by atoms with Gasteiger partial charge in [-0.2, -0.15) is 0 Å². The van der Waals surface area contributed by atoms with E-state index in [1.54, 1.807) is 20.8 Å². The van der Waals surface area contributed by atoms with E-state index in [1.165, 1.54) is 12.3 Å². The van der Waals surface area contributed by atoms with Crippen molar-refractivity contribution in [2.24, 2.45) is 0 Å². The molecule has 0 spiro atoms. The van der Waals surface area contributed by atoms with Crippen LogP contribution in [0.1, 0.15) is 26.3 Å². The van der Waals surface area contributed by atoms with Crippen LogP contribution in [0.4, 0.5) is 20.7 Å². The van der Waals surface area contributed by atoms with Crippen LogP contribution in [0.5, 0.6) is 11.5 Å². The zero-order chi connectivity index (χ0) is 21.6. The van der Waals surface area contributed by atoms with E-state index in [0.717, 1.165) is 18.2 Å². The standard InChI is InChI=1S/C19H19FN4O5/c1-19(2,3)29-18(25)23-9-4-5-13-15(8-10-22-17(13)21)28-16-7-6-12(24(26)27)11-14(16)20/h6-8,10-11H,9H2,1-3H3,(H2,21,22)(H,23,25). The van der Waals surface area contributed by atoms with Crippen LogP contribution in [0.2, 0.25) is 0 Å². The summed E-state index contributed by atoms with van der Waals surface area (Å²) in [6.45, 7) is 5.16. The van der Waals surface area contributed by atoms with E-state index >= 15 is 0 Å². The summed E-state index contributed by atoms with van der Waals surface area (Å²) in [7, 11) is 0. The van der Waals surface area contributed by atoms with E-state index in [9.17, 15) is 19.3 Å². The van der Waals surface area contributed by atoms with Gasteiger partial charge in [-0.3, -0.25) is 10.1 Å². The summed E-state index contributed by atoms with van der Waals surface area (Å²) in [6, 6.07) is 4.41. The van der Waals surface area contributed by atoms with E-state index in [0.29, 0.717) is 0 Å². The van der Waals surface area contributed by atoms with Crippen molar-refractivity contribution in [2.45, 2.75) is 26.4 Å². The molecule has 1 aromatic heterocycles. The van der Waals surface area contributed by atoms with Crippen LogP contribution in [0.15, 0.2) is 30.5 Å². The van der Waals surface area contributed by atoms with Gasteiger partial charge < -0.3 is 20.5 Å². The molecule has 9 nitrogen and oxygen atoms in total. The molecule has 0 aliphatic rings. The molecule has 1 heterocycles. The van der Waals surface area contributed by atoms with Crippen molar-refractivity contribution in [3.8, 4) is 23.3 Å². The van der Waals surface area contributed by atoms with Crippen LogP contribution in [0.25, 0.3) is 0 Å². The molecule has 0 bridgehead atoms. The zero-order valence-electron chi connectivity index (χ0n) is 16.0. The molecule has 1 amide bonds. The maximum absolute atomic E-state index is 14.1. The first-order valence-electron chi connectivity index (χ1n) is 8.39. The molecule has 2 rings (SSSR count). The Balaban J connectivity index is 2.16. The molecule has 29 heavy (non-hydrogen) atoms. The Hall–Kier alpha value is -3.87. The molecule has 1 aromatic carbocycles. The van der Waals surface area contributed by atoms with E-state index < -0.39 is 28.1 Å². The first-order chi connectivity index (χ1) is 13.6. The Morgan fingerprint density at radius 1 is 1.34 bits per heavy atom. The molecule has 3 N–H and O–H groups in total. The van der Waals surface area contributed by atoms with Crippen molar-refractivity contribution in [3.05, 3.63) is 52.0 Å². The first-order valence-corrected chi connectivity index (χ1v) is 8.39. The number of carbonyl (C=O) groups is 1. The van der Waals surface area contributed by atoms with Crippen molar-refractivity contribution in [1.29, 1.82) is 0 Å². The number of aromatic nitrogens is 1. The van der Waals surface area contributed by atoms with Crippen molar-refractivity contribution < 1.29 is 23.6 Å². The maximum Gasteiger partial charge on any atom is 0.408 e. The molecule has 152 valence electrons. The normalized spacial score (nSPS) is 10.5. The molecule has 2 aromatic rings. The van der Waals surface area contributed by atoms with Crippen molar-refractivity contribution >= 4 is 17.6 Å². The van der Waals surface area contributed by atoms with Crippen molar-refractivity contribution in [2.75, 3.05) is 12.3 Å². The van der Waals surface area contributed by atoms with Gasteiger partial charge in [-0.15, -0.1) is 0 Å². The third kappa shape index (κ3) is 6.35. The number of nitrogens with two attached hydrogens (primary N) is 1. The first kappa shape index (κ1) is 21.4. The Bertz CT molecular complexity index is 992. The van der Waals surface area contributed by atoms with Crippen LogP contribution in [0.3, 0.4) is 0 Å². The fourth-order valence-corrected chi connectivity index (χ4v) is 2.04. The Morgan fingerprint density at radius 2 is 2.07 bits per heavy atom. The second-order valence-electron chi connectivity index (χ2n) is 6.70. The second kappa shape index (κ2) is 8.88. The number of hydrogen-bond donors (Lipinski definition) is 2. The van der Waals surface area contributed by atoms with Gasteiger partial charge in [0.05, 0.1) is 17.5 Å². The average molecular weight is 402 g/mol. The molecule has 0 aliphatic carbocycles. The summed E-state index contributed by atoms with van der Waals surface area (Å²) in [5.41, 5.74) is 4.95. The van der Waals surface area contributed by atoms with Crippen molar-refractivity contribution in [1.82, 2.24) is 10.3 Å². The molecule has 0 saturated heterocycles. The number of benzene rings is 1. The van der Waals surface area contributed by atoms with Crippen LogP contribution >= 0.6 is 0 Å². The third-order valence-electron chi connectivity index (χ3n) is 3.22. The van der Waals surface area contributed by atoms with E-state index in [4.69, 9.17) is 15.2 Å². The van der Waals surface area contributed by atoms with Crippen molar-refractivity contribution in [3.63, 3.8) is 0 Å². The number of ether oxygens (including phenoxy) is 2. The number of nitro benzene ring substituents is 1. The lowest BCUT2D eigenvalue weighted by atomic mass is 10.2. The topological polar surface area (TPSA) is 130 Å². The number of nitrogens with zero attached hydrogens (tertiary/aromatic N) is 2. The number of nitrogen functional groups attached to an aromatic ring is 1. The summed E-state index contributed by atoms with van der Waals surface area (Å²) in [4.78, 5) is 25.5. The number of nitro groups is 1. The SMILES string of the molecule is CC(C)(C)OC(=O)NCC#Cc1c(Oc2ccc([N+](=O)[O-])cc2F)ccnc1N. The van der Waals surface area contributed by atoms with Gasteiger partial charge in [-0.05, 0) is 26.8 Å². The second-order valence-corrected chi connectivity index (χ2v) is 6.70. The highest BCUT2D eigenvalue weighted by molar-refractivity contribution is 5.68. The minimum absolute atomic E-state index is 0.0332. The van der Waals surface area contributed by atoms with E-state index in [2.05, 4.69) is 22.1 Å². The van der Waals surface area contributed by atoms with Crippen LogP contribution in [-0.2, 0) is 4.74 Å². The number of non-ortho nitro benzene ring substituents is 1. The van der Waals surface area contributed by atoms with Crippen LogP contribution < -0.4 is 15.8 Å². The van der Waals surface area contributed by atoms with E-state index in [-0.39, 0.29) is 29.4 Å². The zero-order valence-corrected chi connectivity index (χ0v) is 16.0. The predicted octanol–water partition coefficient (Wildman–Crippen LogP) is 3.38. The molecule has 0 fully saturated rings. The molecule has 0 radical (unpaired) electrons. The largest absolute Gasteiger partial charge is 0.453 e. The quantitative estimate of drug-likeness (QED) is 0.455. The highest BCUT2D eigenvalue weighted by Crippen LogP contribution is 2.30. The Kier molecular flexibility index (Phi) is 6.56. The van der Waals surface area contributed by atoms with E-state index in [1.807, 2.05) is 0 Å². The minimum atomic E-state index is -0.917.